The van der Waals surface area contributed by atoms with Crippen molar-refractivity contribution in [2.75, 3.05) is 5.32 Å². The van der Waals surface area contributed by atoms with Crippen molar-refractivity contribution >= 4 is 35.2 Å². The molecule has 0 fully saturated rings. The van der Waals surface area contributed by atoms with Gasteiger partial charge in [-0.2, -0.15) is 0 Å². The van der Waals surface area contributed by atoms with Crippen LogP contribution >= 0.6 is 11.6 Å². The second kappa shape index (κ2) is 9.02. The molecular weight excluding hydrogens is 372 g/mol. The van der Waals surface area contributed by atoms with E-state index in [-0.39, 0.29) is 11.6 Å². The number of hydrogen-bond donors (Lipinski definition) is 2. The Balaban J connectivity index is 1.86. The SMILES string of the molecule is Cc1ccc(NC(=O)/C(=C/c2ccc(Cl)cc2)NC(=O)c2ccccc2)cc1. The molecule has 28 heavy (non-hydrogen) atoms. The van der Waals surface area contributed by atoms with Crippen molar-refractivity contribution in [2.24, 2.45) is 0 Å². The zero-order valence-corrected chi connectivity index (χ0v) is 16.0. The van der Waals surface area contributed by atoms with Gasteiger partial charge in [0.05, 0.1) is 0 Å². The summed E-state index contributed by atoms with van der Waals surface area (Å²) < 4.78 is 0. The van der Waals surface area contributed by atoms with Crippen LogP contribution in [0.15, 0.2) is 84.6 Å². The number of anilines is 1. The lowest BCUT2D eigenvalue weighted by Crippen LogP contribution is -2.30. The van der Waals surface area contributed by atoms with E-state index in [2.05, 4.69) is 10.6 Å². The van der Waals surface area contributed by atoms with Crippen molar-refractivity contribution in [3.8, 4) is 0 Å². The van der Waals surface area contributed by atoms with Gasteiger partial charge in [-0.15, -0.1) is 0 Å². The lowest BCUT2D eigenvalue weighted by molar-refractivity contribution is -0.113. The number of amides is 2. The lowest BCUT2D eigenvalue weighted by atomic mass is 10.1. The molecule has 140 valence electrons. The van der Waals surface area contributed by atoms with Crippen LogP contribution in [0.1, 0.15) is 21.5 Å². The van der Waals surface area contributed by atoms with Gasteiger partial charge in [0.2, 0.25) is 0 Å². The van der Waals surface area contributed by atoms with Crippen molar-refractivity contribution < 1.29 is 9.59 Å². The number of rotatable bonds is 5. The monoisotopic (exact) mass is 390 g/mol. The molecule has 0 bridgehead atoms. The maximum Gasteiger partial charge on any atom is 0.272 e. The van der Waals surface area contributed by atoms with E-state index >= 15 is 0 Å². The van der Waals surface area contributed by atoms with Gasteiger partial charge < -0.3 is 10.6 Å². The third-order valence-electron chi connectivity index (χ3n) is 4.02. The van der Waals surface area contributed by atoms with Crippen LogP contribution in [0.25, 0.3) is 6.08 Å². The minimum absolute atomic E-state index is 0.136. The Morgan fingerprint density at radius 2 is 1.50 bits per heavy atom. The lowest BCUT2D eigenvalue weighted by Gasteiger charge is -2.11. The average Bonchev–Trinajstić information content (AvgIpc) is 2.71. The van der Waals surface area contributed by atoms with E-state index in [0.29, 0.717) is 16.3 Å². The predicted molar refractivity (Wildman–Crippen MR) is 113 cm³/mol. The fraction of sp³-hybridized carbons (Fsp3) is 0.0435. The molecule has 3 aromatic carbocycles. The maximum absolute atomic E-state index is 12.8. The molecule has 0 spiro atoms. The highest BCUT2D eigenvalue weighted by Crippen LogP contribution is 2.14. The first-order chi connectivity index (χ1) is 13.5. The van der Waals surface area contributed by atoms with Crippen LogP contribution in [0.4, 0.5) is 5.69 Å². The van der Waals surface area contributed by atoms with Gasteiger partial charge in [0.25, 0.3) is 11.8 Å². The highest BCUT2D eigenvalue weighted by molar-refractivity contribution is 6.30. The zero-order valence-electron chi connectivity index (χ0n) is 15.3. The molecule has 4 nitrogen and oxygen atoms in total. The summed E-state index contributed by atoms with van der Waals surface area (Å²) in [6.07, 6.45) is 1.61. The van der Waals surface area contributed by atoms with Gasteiger partial charge in [0.15, 0.2) is 0 Å². The number of hydrogen-bond acceptors (Lipinski definition) is 2. The number of aryl methyl sites for hydroxylation is 1. The molecule has 0 radical (unpaired) electrons. The molecule has 0 aliphatic rings. The summed E-state index contributed by atoms with van der Waals surface area (Å²) in [4.78, 5) is 25.4. The third kappa shape index (κ3) is 5.32. The summed E-state index contributed by atoms with van der Waals surface area (Å²) in [5, 5.41) is 6.11. The smallest absolute Gasteiger partial charge is 0.272 e. The average molecular weight is 391 g/mol. The highest BCUT2D eigenvalue weighted by Gasteiger charge is 2.15. The quantitative estimate of drug-likeness (QED) is 0.598. The van der Waals surface area contributed by atoms with Gasteiger partial charge in [-0.25, -0.2) is 0 Å². The molecule has 5 heteroatoms. The first kappa shape index (κ1) is 19.4. The Morgan fingerprint density at radius 1 is 0.857 bits per heavy atom. The molecule has 0 atom stereocenters. The first-order valence-electron chi connectivity index (χ1n) is 8.73. The second-order valence-electron chi connectivity index (χ2n) is 6.25. The minimum atomic E-state index is -0.414. The largest absolute Gasteiger partial charge is 0.321 e. The number of benzene rings is 3. The van der Waals surface area contributed by atoms with Crippen molar-refractivity contribution in [3.05, 3.63) is 106 Å². The third-order valence-corrected chi connectivity index (χ3v) is 4.27. The molecule has 0 heterocycles. The molecule has 0 aromatic heterocycles. The fourth-order valence-corrected chi connectivity index (χ4v) is 2.63. The normalized spacial score (nSPS) is 11.0. The molecule has 3 aromatic rings. The van der Waals surface area contributed by atoms with Crippen molar-refractivity contribution in [3.63, 3.8) is 0 Å². The van der Waals surface area contributed by atoms with Crippen LogP contribution in [0.5, 0.6) is 0 Å². The van der Waals surface area contributed by atoms with E-state index < -0.39 is 5.91 Å². The van der Waals surface area contributed by atoms with Crippen LogP contribution < -0.4 is 10.6 Å². The van der Waals surface area contributed by atoms with Crippen molar-refractivity contribution in [1.82, 2.24) is 5.32 Å². The number of nitrogens with one attached hydrogen (secondary N) is 2. The van der Waals surface area contributed by atoms with Gasteiger partial charge in [-0.1, -0.05) is 59.6 Å². The summed E-state index contributed by atoms with van der Waals surface area (Å²) in [6.45, 7) is 1.97. The van der Waals surface area contributed by atoms with E-state index in [1.807, 2.05) is 37.3 Å². The molecule has 0 aliphatic carbocycles. The van der Waals surface area contributed by atoms with Crippen molar-refractivity contribution in [1.29, 1.82) is 0 Å². The number of carbonyl (C=O) groups is 2. The Morgan fingerprint density at radius 3 is 2.14 bits per heavy atom. The minimum Gasteiger partial charge on any atom is -0.321 e. The predicted octanol–water partition coefficient (Wildman–Crippen LogP) is 5.06. The van der Waals surface area contributed by atoms with E-state index in [1.54, 1.807) is 54.6 Å². The maximum atomic E-state index is 12.8. The highest BCUT2D eigenvalue weighted by atomic mass is 35.5. The standard InChI is InChI=1S/C23H19ClN2O2/c1-16-7-13-20(14-8-16)25-23(28)21(15-17-9-11-19(24)12-10-17)26-22(27)18-5-3-2-4-6-18/h2-15H,1H3,(H,25,28)(H,26,27)/b21-15-. The fourth-order valence-electron chi connectivity index (χ4n) is 2.50. The Labute approximate surface area is 168 Å². The molecule has 0 unspecified atom stereocenters. The van der Waals surface area contributed by atoms with Crippen molar-refractivity contribution in [2.45, 2.75) is 6.92 Å². The molecule has 2 amide bonds. The summed E-state index contributed by atoms with van der Waals surface area (Å²) in [7, 11) is 0. The summed E-state index contributed by atoms with van der Waals surface area (Å²) in [5.74, 6) is -0.775. The van der Waals surface area contributed by atoms with Gasteiger partial charge in [0, 0.05) is 16.3 Å². The molecule has 0 saturated carbocycles. The van der Waals surface area contributed by atoms with Gasteiger partial charge >= 0.3 is 0 Å². The zero-order chi connectivity index (χ0) is 19.9. The van der Waals surface area contributed by atoms with Crippen LogP contribution in [0.3, 0.4) is 0 Å². The second-order valence-corrected chi connectivity index (χ2v) is 6.69. The summed E-state index contributed by atoms with van der Waals surface area (Å²) >= 11 is 5.93. The first-order valence-corrected chi connectivity index (χ1v) is 9.11. The molecule has 0 aliphatic heterocycles. The van der Waals surface area contributed by atoms with E-state index in [1.165, 1.54) is 0 Å². The Bertz CT molecular complexity index is 995. The van der Waals surface area contributed by atoms with E-state index in [0.717, 1.165) is 11.1 Å². The van der Waals surface area contributed by atoms with Crippen LogP contribution in [0.2, 0.25) is 5.02 Å². The Kier molecular flexibility index (Phi) is 6.25. The van der Waals surface area contributed by atoms with E-state index in [9.17, 15) is 9.59 Å². The van der Waals surface area contributed by atoms with Crippen LogP contribution in [-0.4, -0.2) is 11.8 Å². The number of carbonyl (C=O) groups excluding carboxylic acids is 2. The Hall–Kier alpha value is -3.37. The molecule has 0 saturated heterocycles. The molecule has 3 rings (SSSR count). The molecular formula is C23H19ClN2O2. The number of halogens is 1. The molecule has 2 N–H and O–H groups in total. The topological polar surface area (TPSA) is 58.2 Å². The summed E-state index contributed by atoms with van der Waals surface area (Å²) in [6, 6.07) is 23.2. The van der Waals surface area contributed by atoms with Crippen LogP contribution in [0, 0.1) is 6.92 Å². The van der Waals surface area contributed by atoms with Crippen LogP contribution in [-0.2, 0) is 4.79 Å². The van der Waals surface area contributed by atoms with Gasteiger partial charge in [-0.3, -0.25) is 9.59 Å². The van der Waals surface area contributed by atoms with Gasteiger partial charge in [-0.05, 0) is 55.0 Å². The van der Waals surface area contributed by atoms with E-state index in [4.69, 9.17) is 11.6 Å². The summed E-state index contributed by atoms with van der Waals surface area (Å²) in [5.41, 5.74) is 3.08. The van der Waals surface area contributed by atoms with Gasteiger partial charge in [0.1, 0.15) is 5.70 Å².